The lowest BCUT2D eigenvalue weighted by molar-refractivity contribution is 0.0526. The van der Waals surface area contributed by atoms with Crippen molar-refractivity contribution in [1.29, 1.82) is 0 Å². The molecule has 0 bridgehead atoms. The van der Waals surface area contributed by atoms with E-state index in [1.54, 1.807) is 6.92 Å². The second kappa shape index (κ2) is 4.72. The standard InChI is InChI=1S/C13H12ClNO2/c1-3-17-13(16)10-7-15-11-6-8(2)4-5-9(11)12(10)14/h4-7H,3H2,1-2H3. The Morgan fingerprint density at radius 3 is 2.94 bits per heavy atom. The van der Waals surface area contributed by atoms with E-state index in [0.29, 0.717) is 17.2 Å². The number of esters is 1. The molecule has 1 aromatic heterocycles. The molecule has 0 aliphatic rings. The Hall–Kier alpha value is -1.61. The summed E-state index contributed by atoms with van der Waals surface area (Å²) in [7, 11) is 0. The van der Waals surface area contributed by atoms with E-state index in [1.165, 1.54) is 6.20 Å². The van der Waals surface area contributed by atoms with Crippen LogP contribution >= 0.6 is 11.6 Å². The van der Waals surface area contributed by atoms with Crippen LogP contribution in [-0.2, 0) is 4.74 Å². The summed E-state index contributed by atoms with van der Waals surface area (Å²) in [5.41, 5.74) is 2.19. The number of aromatic nitrogens is 1. The SMILES string of the molecule is CCOC(=O)c1cnc2cc(C)ccc2c1Cl. The van der Waals surface area contributed by atoms with Gasteiger partial charge in [-0.2, -0.15) is 0 Å². The van der Waals surface area contributed by atoms with E-state index in [1.807, 2.05) is 25.1 Å². The van der Waals surface area contributed by atoms with Crippen LogP contribution in [0.3, 0.4) is 0 Å². The van der Waals surface area contributed by atoms with E-state index < -0.39 is 5.97 Å². The van der Waals surface area contributed by atoms with E-state index in [9.17, 15) is 4.79 Å². The van der Waals surface area contributed by atoms with Crippen LogP contribution in [0.2, 0.25) is 5.02 Å². The molecule has 0 aliphatic carbocycles. The maximum Gasteiger partial charge on any atom is 0.341 e. The van der Waals surface area contributed by atoms with Gasteiger partial charge < -0.3 is 4.74 Å². The number of hydrogen-bond donors (Lipinski definition) is 0. The Morgan fingerprint density at radius 2 is 2.24 bits per heavy atom. The quantitative estimate of drug-likeness (QED) is 0.766. The van der Waals surface area contributed by atoms with Gasteiger partial charge in [0.05, 0.1) is 22.7 Å². The van der Waals surface area contributed by atoms with E-state index in [0.717, 1.165) is 16.5 Å². The Balaban J connectivity index is 2.58. The summed E-state index contributed by atoms with van der Waals surface area (Å²) in [5.74, 6) is -0.438. The molecule has 0 atom stereocenters. The number of ether oxygens (including phenoxy) is 1. The van der Waals surface area contributed by atoms with Crippen LogP contribution in [0.5, 0.6) is 0 Å². The first kappa shape index (κ1) is 11.9. The summed E-state index contributed by atoms with van der Waals surface area (Å²) in [6.45, 7) is 4.05. The molecule has 0 amide bonds. The molecular weight excluding hydrogens is 238 g/mol. The first-order valence-electron chi connectivity index (χ1n) is 5.35. The van der Waals surface area contributed by atoms with Crippen LogP contribution in [0.4, 0.5) is 0 Å². The number of aryl methyl sites for hydroxylation is 1. The van der Waals surface area contributed by atoms with Crippen molar-refractivity contribution in [3.63, 3.8) is 0 Å². The molecule has 0 saturated heterocycles. The van der Waals surface area contributed by atoms with E-state index in [4.69, 9.17) is 16.3 Å². The molecule has 0 unspecified atom stereocenters. The van der Waals surface area contributed by atoms with Gasteiger partial charge in [0.2, 0.25) is 0 Å². The molecule has 0 spiro atoms. The molecule has 1 aromatic carbocycles. The average molecular weight is 250 g/mol. The summed E-state index contributed by atoms with van der Waals surface area (Å²) in [6, 6.07) is 5.73. The third kappa shape index (κ3) is 2.24. The van der Waals surface area contributed by atoms with Gasteiger partial charge in [-0.15, -0.1) is 0 Å². The summed E-state index contributed by atoms with van der Waals surface area (Å²) in [6.07, 6.45) is 1.46. The molecule has 0 saturated carbocycles. The molecule has 0 N–H and O–H groups in total. The van der Waals surface area contributed by atoms with Crippen molar-refractivity contribution >= 4 is 28.5 Å². The predicted molar refractivity (Wildman–Crippen MR) is 67.4 cm³/mol. The van der Waals surface area contributed by atoms with Crippen molar-refractivity contribution in [3.05, 3.63) is 40.5 Å². The lowest BCUT2D eigenvalue weighted by Crippen LogP contribution is -2.06. The van der Waals surface area contributed by atoms with Gasteiger partial charge in [0.1, 0.15) is 0 Å². The monoisotopic (exact) mass is 249 g/mol. The number of halogens is 1. The van der Waals surface area contributed by atoms with Crippen LogP contribution in [0, 0.1) is 6.92 Å². The second-order valence-corrected chi connectivity index (χ2v) is 4.10. The lowest BCUT2D eigenvalue weighted by atomic mass is 10.1. The van der Waals surface area contributed by atoms with Crippen molar-refractivity contribution < 1.29 is 9.53 Å². The largest absolute Gasteiger partial charge is 0.462 e. The van der Waals surface area contributed by atoms with Crippen molar-refractivity contribution in [2.24, 2.45) is 0 Å². The summed E-state index contributed by atoms with van der Waals surface area (Å²) in [5, 5.41) is 1.16. The zero-order valence-corrected chi connectivity index (χ0v) is 10.4. The molecule has 0 fully saturated rings. The third-order valence-corrected chi connectivity index (χ3v) is 2.86. The Labute approximate surface area is 104 Å². The van der Waals surface area contributed by atoms with Crippen LogP contribution in [-0.4, -0.2) is 17.6 Å². The van der Waals surface area contributed by atoms with Gasteiger partial charge in [0.25, 0.3) is 0 Å². The minimum atomic E-state index is -0.438. The molecule has 2 rings (SSSR count). The Morgan fingerprint density at radius 1 is 1.47 bits per heavy atom. The zero-order chi connectivity index (χ0) is 12.4. The number of nitrogens with zero attached hydrogens (tertiary/aromatic N) is 1. The third-order valence-electron chi connectivity index (χ3n) is 2.45. The highest BCUT2D eigenvalue weighted by molar-refractivity contribution is 6.38. The van der Waals surface area contributed by atoms with Crippen molar-refractivity contribution in [1.82, 2.24) is 4.98 Å². The van der Waals surface area contributed by atoms with E-state index in [2.05, 4.69) is 4.98 Å². The Bertz CT molecular complexity index is 581. The normalized spacial score (nSPS) is 10.5. The molecule has 0 aliphatic heterocycles. The number of benzene rings is 1. The van der Waals surface area contributed by atoms with E-state index in [-0.39, 0.29) is 0 Å². The second-order valence-electron chi connectivity index (χ2n) is 3.73. The number of carbonyl (C=O) groups is 1. The van der Waals surface area contributed by atoms with Crippen molar-refractivity contribution in [2.75, 3.05) is 6.61 Å². The predicted octanol–water partition coefficient (Wildman–Crippen LogP) is 3.37. The molecule has 88 valence electrons. The van der Waals surface area contributed by atoms with Gasteiger partial charge >= 0.3 is 5.97 Å². The lowest BCUT2D eigenvalue weighted by Gasteiger charge is -2.06. The molecule has 17 heavy (non-hydrogen) atoms. The number of pyridine rings is 1. The van der Waals surface area contributed by atoms with E-state index >= 15 is 0 Å². The highest BCUT2D eigenvalue weighted by atomic mass is 35.5. The van der Waals surface area contributed by atoms with Gasteiger partial charge in [0, 0.05) is 11.6 Å². The van der Waals surface area contributed by atoms with Crippen LogP contribution in [0.25, 0.3) is 10.9 Å². The number of fused-ring (bicyclic) bond motifs is 1. The maximum atomic E-state index is 11.6. The summed E-state index contributed by atoms with van der Waals surface area (Å²) >= 11 is 6.18. The fourth-order valence-electron chi connectivity index (χ4n) is 1.62. The van der Waals surface area contributed by atoms with Gasteiger partial charge in [-0.25, -0.2) is 4.79 Å². The smallest absolute Gasteiger partial charge is 0.341 e. The van der Waals surface area contributed by atoms with Gasteiger partial charge in [-0.05, 0) is 25.5 Å². The zero-order valence-electron chi connectivity index (χ0n) is 9.66. The van der Waals surface area contributed by atoms with Crippen LogP contribution in [0.1, 0.15) is 22.8 Å². The fraction of sp³-hybridized carbons (Fsp3) is 0.231. The first-order valence-corrected chi connectivity index (χ1v) is 5.73. The average Bonchev–Trinajstić information content (AvgIpc) is 2.29. The fourth-order valence-corrected chi connectivity index (χ4v) is 1.91. The van der Waals surface area contributed by atoms with Gasteiger partial charge in [-0.1, -0.05) is 23.7 Å². The summed E-state index contributed by atoms with van der Waals surface area (Å²) < 4.78 is 4.92. The highest BCUT2D eigenvalue weighted by Gasteiger charge is 2.14. The summed E-state index contributed by atoms with van der Waals surface area (Å²) in [4.78, 5) is 15.9. The Kier molecular flexibility index (Phi) is 3.29. The van der Waals surface area contributed by atoms with Gasteiger partial charge in [0.15, 0.2) is 0 Å². The van der Waals surface area contributed by atoms with Crippen LogP contribution in [0.15, 0.2) is 24.4 Å². The topological polar surface area (TPSA) is 39.2 Å². The molecule has 4 heteroatoms. The number of hydrogen-bond acceptors (Lipinski definition) is 3. The van der Waals surface area contributed by atoms with Crippen molar-refractivity contribution in [2.45, 2.75) is 13.8 Å². The molecule has 2 aromatic rings. The first-order chi connectivity index (χ1) is 8.13. The molecular formula is C13H12ClNO2. The maximum absolute atomic E-state index is 11.6. The molecule has 1 heterocycles. The number of carbonyl (C=O) groups excluding carboxylic acids is 1. The van der Waals surface area contributed by atoms with Crippen LogP contribution < -0.4 is 0 Å². The van der Waals surface area contributed by atoms with Crippen molar-refractivity contribution in [3.8, 4) is 0 Å². The molecule has 3 nitrogen and oxygen atoms in total. The molecule has 0 radical (unpaired) electrons. The minimum Gasteiger partial charge on any atom is -0.462 e. The van der Waals surface area contributed by atoms with Gasteiger partial charge in [-0.3, -0.25) is 4.98 Å². The highest BCUT2D eigenvalue weighted by Crippen LogP contribution is 2.26. The number of rotatable bonds is 2. The minimum absolute atomic E-state index is 0.310.